The van der Waals surface area contributed by atoms with Gasteiger partial charge in [-0.3, -0.25) is 0 Å². The van der Waals surface area contributed by atoms with E-state index in [9.17, 15) is 0 Å². The Morgan fingerprint density at radius 3 is 2.78 bits per heavy atom. The summed E-state index contributed by atoms with van der Waals surface area (Å²) >= 11 is 1.74. The third kappa shape index (κ3) is 2.11. The maximum absolute atomic E-state index is 5.92. The average molecular weight is 258 g/mol. The second kappa shape index (κ2) is 5.04. The summed E-state index contributed by atoms with van der Waals surface area (Å²) in [4.78, 5) is 1.29. The van der Waals surface area contributed by atoms with Crippen LogP contribution in [0.3, 0.4) is 0 Å². The van der Waals surface area contributed by atoms with Crippen LogP contribution in [-0.4, -0.2) is 7.11 Å². The molecule has 1 heterocycles. The third-order valence-corrected chi connectivity index (χ3v) is 4.25. The molecule has 2 nitrogen and oxygen atoms in total. The monoisotopic (exact) mass is 258 g/mol. The molecule has 0 bridgehead atoms. The lowest BCUT2D eigenvalue weighted by molar-refractivity contribution is 0.0909. The minimum absolute atomic E-state index is 0.0102. The molecule has 1 atom stereocenters. The fraction of sp³-hybridized carbons (Fsp3) is 0.200. The van der Waals surface area contributed by atoms with Gasteiger partial charge < -0.3 is 9.47 Å². The van der Waals surface area contributed by atoms with Gasteiger partial charge in [-0.25, -0.2) is 0 Å². The molecule has 0 aliphatic carbocycles. The van der Waals surface area contributed by atoms with E-state index in [1.165, 1.54) is 10.5 Å². The van der Waals surface area contributed by atoms with Gasteiger partial charge in [-0.2, -0.15) is 0 Å². The van der Waals surface area contributed by atoms with E-state index >= 15 is 0 Å². The third-order valence-electron chi connectivity index (χ3n) is 2.99. The highest BCUT2D eigenvalue weighted by Crippen LogP contribution is 2.45. The van der Waals surface area contributed by atoms with Crippen LogP contribution < -0.4 is 4.74 Å². The largest absolute Gasteiger partial charge is 0.496 e. The molecule has 2 aromatic carbocycles. The Kier molecular flexibility index (Phi) is 3.26. The van der Waals surface area contributed by atoms with Gasteiger partial charge in [-0.1, -0.05) is 48.2 Å². The zero-order valence-electron chi connectivity index (χ0n) is 10.1. The smallest absolute Gasteiger partial charge is 0.136 e. The first-order chi connectivity index (χ1) is 8.88. The number of ether oxygens (including phenoxy) is 2. The van der Waals surface area contributed by atoms with E-state index in [0.717, 1.165) is 11.3 Å². The molecule has 3 rings (SSSR count). The van der Waals surface area contributed by atoms with Crippen molar-refractivity contribution in [3.63, 3.8) is 0 Å². The second-order valence-electron chi connectivity index (χ2n) is 4.11. The number of para-hydroxylation sites is 1. The maximum Gasteiger partial charge on any atom is 0.136 e. The van der Waals surface area contributed by atoms with Crippen molar-refractivity contribution in [2.75, 3.05) is 7.11 Å². The predicted molar refractivity (Wildman–Crippen MR) is 72.8 cm³/mol. The first-order valence-corrected chi connectivity index (χ1v) is 6.75. The lowest BCUT2D eigenvalue weighted by atomic mass is 10.2. The van der Waals surface area contributed by atoms with Gasteiger partial charge in [0.05, 0.1) is 13.7 Å². The molecule has 1 aliphatic rings. The summed E-state index contributed by atoms with van der Waals surface area (Å²) in [5, 5.41) is 0. The summed E-state index contributed by atoms with van der Waals surface area (Å²) in [6.45, 7) is 0.659. The molecule has 0 N–H and O–H groups in total. The van der Waals surface area contributed by atoms with E-state index in [-0.39, 0.29) is 5.44 Å². The molecule has 0 unspecified atom stereocenters. The lowest BCUT2D eigenvalue weighted by Crippen LogP contribution is -2.08. The number of hydrogen-bond donors (Lipinski definition) is 0. The van der Waals surface area contributed by atoms with Crippen LogP contribution in [0.25, 0.3) is 0 Å². The van der Waals surface area contributed by atoms with Crippen molar-refractivity contribution in [1.82, 2.24) is 0 Å². The van der Waals surface area contributed by atoms with Crippen LogP contribution in [0, 0.1) is 0 Å². The number of hydrogen-bond acceptors (Lipinski definition) is 3. The Labute approximate surface area is 111 Å². The van der Waals surface area contributed by atoms with Crippen molar-refractivity contribution in [1.29, 1.82) is 0 Å². The Balaban J connectivity index is 1.92. The lowest BCUT2D eigenvalue weighted by Gasteiger charge is -2.25. The Morgan fingerprint density at radius 1 is 1.11 bits per heavy atom. The fourth-order valence-electron chi connectivity index (χ4n) is 2.07. The number of methoxy groups -OCH3 is 1. The van der Waals surface area contributed by atoms with E-state index in [1.807, 2.05) is 24.3 Å². The zero-order chi connectivity index (χ0) is 12.4. The van der Waals surface area contributed by atoms with E-state index in [4.69, 9.17) is 9.47 Å². The SMILES string of the molecule is COc1ccccc1[C@H]1OCc2ccccc2S1. The minimum atomic E-state index is 0.0102. The molecule has 92 valence electrons. The second-order valence-corrected chi connectivity index (χ2v) is 5.21. The summed E-state index contributed by atoms with van der Waals surface area (Å²) < 4.78 is 11.3. The number of thioether (sulfide) groups is 1. The van der Waals surface area contributed by atoms with E-state index in [0.29, 0.717) is 6.61 Å². The van der Waals surface area contributed by atoms with Crippen LogP contribution in [0.15, 0.2) is 53.4 Å². The van der Waals surface area contributed by atoms with Gasteiger partial charge >= 0.3 is 0 Å². The van der Waals surface area contributed by atoms with E-state index < -0.39 is 0 Å². The number of benzene rings is 2. The molecule has 18 heavy (non-hydrogen) atoms. The molecular weight excluding hydrogens is 244 g/mol. The van der Waals surface area contributed by atoms with Crippen molar-refractivity contribution >= 4 is 11.8 Å². The van der Waals surface area contributed by atoms with Crippen LogP contribution >= 0.6 is 11.8 Å². The van der Waals surface area contributed by atoms with Gasteiger partial charge in [-0.15, -0.1) is 0 Å². The van der Waals surface area contributed by atoms with Gasteiger partial charge in [0, 0.05) is 10.5 Å². The minimum Gasteiger partial charge on any atom is -0.496 e. The van der Waals surface area contributed by atoms with Crippen LogP contribution in [0.4, 0.5) is 0 Å². The normalized spacial score (nSPS) is 18.2. The first kappa shape index (κ1) is 11.6. The molecule has 2 aromatic rings. The van der Waals surface area contributed by atoms with Gasteiger partial charge in [-0.05, 0) is 17.7 Å². The molecule has 0 radical (unpaired) electrons. The fourth-order valence-corrected chi connectivity index (χ4v) is 3.19. The van der Waals surface area contributed by atoms with Gasteiger partial charge in [0.2, 0.25) is 0 Å². The van der Waals surface area contributed by atoms with Crippen molar-refractivity contribution in [2.24, 2.45) is 0 Å². The molecule has 0 fully saturated rings. The molecule has 1 aliphatic heterocycles. The maximum atomic E-state index is 5.92. The summed E-state index contributed by atoms with van der Waals surface area (Å²) in [6.07, 6.45) is 0. The molecule has 0 spiro atoms. The van der Waals surface area contributed by atoms with E-state index in [1.54, 1.807) is 18.9 Å². The summed E-state index contributed by atoms with van der Waals surface area (Å²) in [6, 6.07) is 16.4. The molecule has 0 saturated heterocycles. The Bertz CT molecular complexity index is 554. The molecular formula is C15H14O2S. The van der Waals surface area contributed by atoms with Crippen molar-refractivity contribution < 1.29 is 9.47 Å². The standard InChI is InChI=1S/C15H14O2S/c1-16-13-8-4-3-7-12(13)15-17-10-11-6-2-5-9-14(11)18-15/h2-9,15H,10H2,1H3/t15-/m0/s1. The Morgan fingerprint density at radius 2 is 1.89 bits per heavy atom. The molecule has 0 amide bonds. The molecule has 0 saturated carbocycles. The highest BCUT2D eigenvalue weighted by Gasteiger charge is 2.23. The number of rotatable bonds is 2. The van der Waals surface area contributed by atoms with Crippen LogP contribution in [0.1, 0.15) is 16.6 Å². The van der Waals surface area contributed by atoms with Gasteiger partial charge in [0.1, 0.15) is 11.2 Å². The molecule has 3 heteroatoms. The highest BCUT2D eigenvalue weighted by atomic mass is 32.2. The predicted octanol–water partition coefficient (Wildman–Crippen LogP) is 4.02. The average Bonchev–Trinajstić information content (AvgIpc) is 2.46. The quantitative estimate of drug-likeness (QED) is 0.810. The van der Waals surface area contributed by atoms with Crippen molar-refractivity contribution in [3.8, 4) is 5.75 Å². The number of fused-ring (bicyclic) bond motifs is 1. The summed E-state index contributed by atoms with van der Waals surface area (Å²) in [7, 11) is 1.69. The molecule has 0 aromatic heterocycles. The summed E-state index contributed by atoms with van der Waals surface area (Å²) in [5.41, 5.74) is 2.37. The Hall–Kier alpha value is -1.45. The van der Waals surface area contributed by atoms with Crippen molar-refractivity contribution in [2.45, 2.75) is 16.9 Å². The van der Waals surface area contributed by atoms with Crippen molar-refractivity contribution in [3.05, 3.63) is 59.7 Å². The highest BCUT2D eigenvalue weighted by molar-refractivity contribution is 7.99. The first-order valence-electron chi connectivity index (χ1n) is 5.87. The van der Waals surface area contributed by atoms with E-state index in [2.05, 4.69) is 24.3 Å². The summed E-state index contributed by atoms with van der Waals surface area (Å²) in [5.74, 6) is 0.884. The van der Waals surface area contributed by atoms with Crippen LogP contribution in [0.2, 0.25) is 0 Å². The van der Waals surface area contributed by atoms with Gasteiger partial charge in [0.25, 0.3) is 0 Å². The van der Waals surface area contributed by atoms with Gasteiger partial charge in [0.15, 0.2) is 0 Å². The zero-order valence-corrected chi connectivity index (χ0v) is 10.9. The van der Waals surface area contributed by atoms with Crippen LogP contribution in [0.5, 0.6) is 5.75 Å². The van der Waals surface area contributed by atoms with Crippen LogP contribution in [-0.2, 0) is 11.3 Å². The topological polar surface area (TPSA) is 18.5 Å².